The first-order valence-corrected chi connectivity index (χ1v) is 8.79. The molecule has 0 atom stereocenters. The predicted octanol–water partition coefficient (Wildman–Crippen LogP) is 4.21. The van der Waals surface area contributed by atoms with E-state index in [4.69, 9.17) is 21.1 Å². The number of hydrogen-bond acceptors (Lipinski definition) is 6. The smallest absolute Gasteiger partial charge is 0.412 e. The fourth-order valence-electron chi connectivity index (χ4n) is 2.53. The number of nitrogens with zero attached hydrogens (tertiary/aromatic N) is 3. The van der Waals surface area contributed by atoms with Gasteiger partial charge in [-0.05, 0) is 45.0 Å². The molecule has 0 fully saturated rings. The Morgan fingerprint density at radius 1 is 1.18 bits per heavy atom. The molecule has 0 aliphatic carbocycles. The van der Waals surface area contributed by atoms with Crippen molar-refractivity contribution in [1.29, 1.82) is 0 Å². The van der Waals surface area contributed by atoms with Gasteiger partial charge in [0.25, 0.3) is 0 Å². The predicted molar refractivity (Wildman–Crippen MR) is 105 cm³/mol. The van der Waals surface area contributed by atoms with E-state index in [0.29, 0.717) is 16.9 Å². The number of hydrogen-bond donors (Lipinski definition) is 1. The standard InChI is InChI=1S/C19H19ClN4O4/c1-19(2,3)28-18(26)22-14-10-24(23-16(14)20)15-7-5-6-12-11(15)8-9-13(21-12)17(25)27-4/h5-10H,1-4H3,(H,22,26). The number of esters is 1. The fraction of sp³-hybridized carbons (Fsp3) is 0.263. The molecule has 3 rings (SSSR count). The van der Waals surface area contributed by atoms with Crippen molar-refractivity contribution in [2.24, 2.45) is 0 Å². The lowest BCUT2D eigenvalue weighted by Crippen LogP contribution is -2.27. The minimum absolute atomic E-state index is 0.113. The third-order valence-corrected chi connectivity index (χ3v) is 3.93. The molecule has 1 N–H and O–H groups in total. The highest BCUT2D eigenvalue weighted by Gasteiger charge is 2.19. The first kappa shape index (κ1) is 19.6. The van der Waals surface area contributed by atoms with Crippen LogP contribution < -0.4 is 5.32 Å². The molecule has 2 heterocycles. The monoisotopic (exact) mass is 402 g/mol. The van der Waals surface area contributed by atoms with Crippen molar-refractivity contribution < 1.29 is 19.1 Å². The molecule has 0 spiro atoms. The molecule has 1 amide bonds. The van der Waals surface area contributed by atoms with E-state index in [1.165, 1.54) is 11.8 Å². The Labute approximate surface area is 166 Å². The third kappa shape index (κ3) is 4.23. The van der Waals surface area contributed by atoms with Gasteiger partial charge < -0.3 is 9.47 Å². The summed E-state index contributed by atoms with van der Waals surface area (Å²) in [4.78, 5) is 28.0. The number of pyridine rings is 1. The van der Waals surface area contributed by atoms with E-state index >= 15 is 0 Å². The summed E-state index contributed by atoms with van der Waals surface area (Å²) in [5, 5.41) is 7.69. The normalized spacial score (nSPS) is 11.3. The zero-order valence-corrected chi connectivity index (χ0v) is 16.6. The zero-order valence-electron chi connectivity index (χ0n) is 15.8. The van der Waals surface area contributed by atoms with Crippen LogP contribution in [-0.4, -0.2) is 39.5 Å². The van der Waals surface area contributed by atoms with Gasteiger partial charge in [-0.15, -0.1) is 0 Å². The highest BCUT2D eigenvalue weighted by atomic mass is 35.5. The van der Waals surface area contributed by atoms with E-state index in [1.54, 1.807) is 51.2 Å². The molecule has 8 nitrogen and oxygen atoms in total. The van der Waals surface area contributed by atoms with Crippen molar-refractivity contribution >= 4 is 40.3 Å². The second-order valence-corrected chi connectivity index (χ2v) is 7.29. The summed E-state index contributed by atoms with van der Waals surface area (Å²) in [5.74, 6) is -0.515. The summed E-state index contributed by atoms with van der Waals surface area (Å²) in [5.41, 5.74) is 1.16. The molecular formula is C19H19ClN4O4. The minimum Gasteiger partial charge on any atom is -0.464 e. The number of ether oxygens (including phenoxy) is 2. The summed E-state index contributed by atoms with van der Waals surface area (Å²) in [6.07, 6.45) is 0.950. The van der Waals surface area contributed by atoms with Crippen LogP contribution in [0.4, 0.5) is 10.5 Å². The molecule has 0 saturated heterocycles. The molecule has 0 aliphatic heterocycles. The summed E-state index contributed by atoms with van der Waals surface area (Å²) in [6.45, 7) is 5.30. The Balaban J connectivity index is 1.95. The molecule has 1 aromatic carbocycles. The van der Waals surface area contributed by atoms with Gasteiger partial charge in [0.15, 0.2) is 5.15 Å². The fourth-order valence-corrected chi connectivity index (χ4v) is 2.71. The largest absolute Gasteiger partial charge is 0.464 e. The molecule has 9 heteroatoms. The topological polar surface area (TPSA) is 95.3 Å². The number of rotatable bonds is 3. The first-order chi connectivity index (χ1) is 13.2. The van der Waals surface area contributed by atoms with Crippen LogP contribution >= 0.6 is 11.6 Å². The van der Waals surface area contributed by atoms with Gasteiger partial charge in [0.1, 0.15) is 17.0 Å². The number of carbonyl (C=O) groups is 2. The Hall–Kier alpha value is -3.13. The van der Waals surface area contributed by atoms with Crippen LogP contribution in [0.5, 0.6) is 0 Å². The maximum absolute atomic E-state index is 12.0. The first-order valence-electron chi connectivity index (χ1n) is 8.41. The van der Waals surface area contributed by atoms with Crippen LogP contribution in [-0.2, 0) is 9.47 Å². The maximum atomic E-state index is 12.0. The molecule has 28 heavy (non-hydrogen) atoms. The number of halogens is 1. The van der Waals surface area contributed by atoms with Crippen LogP contribution in [0.2, 0.25) is 5.15 Å². The number of benzene rings is 1. The number of methoxy groups -OCH3 is 1. The van der Waals surface area contributed by atoms with Gasteiger partial charge in [-0.3, -0.25) is 5.32 Å². The van der Waals surface area contributed by atoms with Crippen molar-refractivity contribution in [3.8, 4) is 5.69 Å². The summed E-state index contributed by atoms with van der Waals surface area (Å²) in [6, 6.07) is 8.70. The van der Waals surface area contributed by atoms with Crippen molar-refractivity contribution in [1.82, 2.24) is 14.8 Å². The van der Waals surface area contributed by atoms with E-state index in [2.05, 4.69) is 15.4 Å². The lowest BCUT2D eigenvalue weighted by molar-refractivity contribution is 0.0592. The number of anilines is 1. The van der Waals surface area contributed by atoms with Crippen LogP contribution in [0, 0.1) is 0 Å². The SMILES string of the molecule is COC(=O)c1ccc2c(-n3cc(NC(=O)OC(C)(C)C)c(Cl)n3)cccc2n1. The average Bonchev–Trinajstić information content (AvgIpc) is 2.98. The lowest BCUT2D eigenvalue weighted by Gasteiger charge is -2.19. The van der Waals surface area contributed by atoms with Gasteiger partial charge in [0.2, 0.25) is 0 Å². The van der Waals surface area contributed by atoms with E-state index in [0.717, 1.165) is 5.39 Å². The summed E-state index contributed by atoms with van der Waals surface area (Å²) >= 11 is 6.17. The maximum Gasteiger partial charge on any atom is 0.412 e. The minimum atomic E-state index is -0.634. The number of amides is 1. The lowest BCUT2D eigenvalue weighted by atomic mass is 10.1. The van der Waals surface area contributed by atoms with E-state index < -0.39 is 17.7 Å². The second kappa shape index (κ2) is 7.47. The molecule has 0 unspecified atom stereocenters. The van der Waals surface area contributed by atoms with E-state index in [9.17, 15) is 9.59 Å². The number of aromatic nitrogens is 3. The van der Waals surface area contributed by atoms with Crippen molar-refractivity contribution in [3.05, 3.63) is 47.4 Å². The summed E-state index contributed by atoms with van der Waals surface area (Å²) in [7, 11) is 1.30. The Kier molecular flexibility index (Phi) is 5.24. The van der Waals surface area contributed by atoms with Crippen LogP contribution in [0.25, 0.3) is 16.6 Å². The Bertz CT molecular complexity index is 1060. The van der Waals surface area contributed by atoms with Gasteiger partial charge in [-0.25, -0.2) is 19.3 Å². The van der Waals surface area contributed by atoms with Crippen LogP contribution in [0.3, 0.4) is 0 Å². The van der Waals surface area contributed by atoms with Crippen molar-refractivity contribution in [3.63, 3.8) is 0 Å². The van der Waals surface area contributed by atoms with Gasteiger partial charge in [-0.2, -0.15) is 5.10 Å². The van der Waals surface area contributed by atoms with Gasteiger partial charge >= 0.3 is 12.1 Å². The molecule has 146 valence electrons. The second-order valence-electron chi connectivity index (χ2n) is 6.94. The molecule has 2 aromatic heterocycles. The highest BCUT2D eigenvalue weighted by molar-refractivity contribution is 6.32. The molecular weight excluding hydrogens is 384 g/mol. The molecule has 3 aromatic rings. The van der Waals surface area contributed by atoms with Gasteiger partial charge in [0.05, 0.1) is 24.5 Å². The molecule has 0 radical (unpaired) electrons. The Morgan fingerprint density at radius 3 is 2.61 bits per heavy atom. The molecule has 0 saturated carbocycles. The van der Waals surface area contributed by atoms with Gasteiger partial charge in [-0.1, -0.05) is 17.7 Å². The molecule has 0 bridgehead atoms. The quantitative estimate of drug-likeness (QED) is 0.659. The number of fused-ring (bicyclic) bond motifs is 1. The summed E-state index contributed by atoms with van der Waals surface area (Å²) < 4.78 is 11.5. The molecule has 0 aliphatic rings. The van der Waals surface area contributed by atoms with Crippen LogP contribution in [0.15, 0.2) is 36.5 Å². The van der Waals surface area contributed by atoms with E-state index in [1.807, 2.05) is 6.07 Å². The van der Waals surface area contributed by atoms with E-state index in [-0.39, 0.29) is 10.8 Å². The Morgan fingerprint density at radius 2 is 1.93 bits per heavy atom. The highest BCUT2D eigenvalue weighted by Crippen LogP contribution is 2.26. The average molecular weight is 403 g/mol. The number of carbonyl (C=O) groups excluding carboxylic acids is 2. The number of nitrogens with one attached hydrogen (secondary N) is 1. The third-order valence-electron chi connectivity index (χ3n) is 3.66. The van der Waals surface area contributed by atoms with Crippen molar-refractivity contribution in [2.75, 3.05) is 12.4 Å². The zero-order chi connectivity index (χ0) is 20.5. The van der Waals surface area contributed by atoms with Crippen LogP contribution in [0.1, 0.15) is 31.3 Å². The van der Waals surface area contributed by atoms with Crippen molar-refractivity contribution in [2.45, 2.75) is 26.4 Å². The van der Waals surface area contributed by atoms with Gasteiger partial charge in [0, 0.05) is 5.39 Å².